The van der Waals surface area contributed by atoms with Crippen LogP contribution in [0.25, 0.3) is 0 Å². The van der Waals surface area contributed by atoms with E-state index in [4.69, 9.17) is 0 Å². The largest absolute Gasteiger partial charge is 0.338 e. The second kappa shape index (κ2) is 7.66. The lowest BCUT2D eigenvalue weighted by molar-refractivity contribution is -0.134. The van der Waals surface area contributed by atoms with Gasteiger partial charge in [0.25, 0.3) is 0 Å². The SMILES string of the molecule is CCCCCC(=O)N1CCCCC1CNC. The van der Waals surface area contributed by atoms with Crippen LogP contribution in [0.15, 0.2) is 0 Å². The van der Waals surface area contributed by atoms with Crippen LogP contribution in [0.3, 0.4) is 0 Å². The number of hydrogen-bond donors (Lipinski definition) is 1. The summed E-state index contributed by atoms with van der Waals surface area (Å²) in [7, 11) is 1.97. The van der Waals surface area contributed by atoms with E-state index in [9.17, 15) is 4.79 Å². The number of nitrogens with zero attached hydrogens (tertiary/aromatic N) is 1. The number of carbonyl (C=O) groups is 1. The van der Waals surface area contributed by atoms with Crippen molar-refractivity contribution in [3.8, 4) is 0 Å². The van der Waals surface area contributed by atoms with Crippen LogP contribution < -0.4 is 5.32 Å². The highest BCUT2D eigenvalue weighted by Gasteiger charge is 2.25. The molecule has 0 radical (unpaired) electrons. The maximum atomic E-state index is 12.1. The van der Waals surface area contributed by atoms with Crippen LogP contribution in [-0.4, -0.2) is 37.0 Å². The van der Waals surface area contributed by atoms with E-state index >= 15 is 0 Å². The minimum atomic E-state index is 0.369. The lowest BCUT2D eigenvalue weighted by Gasteiger charge is -2.36. The standard InChI is InChI=1S/C13H26N2O/c1-3-4-5-9-13(16)15-10-7-6-8-12(15)11-14-2/h12,14H,3-11H2,1-2H3. The summed E-state index contributed by atoms with van der Waals surface area (Å²) in [5.41, 5.74) is 0. The van der Waals surface area contributed by atoms with Crippen LogP contribution in [0.5, 0.6) is 0 Å². The average molecular weight is 226 g/mol. The molecule has 1 atom stereocenters. The zero-order valence-corrected chi connectivity index (χ0v) is 10.8. The molecular formula is C13H26N2O. The Bertz CT molecular complexity index is 204. The fraction of sp³-hybridized carbons (Fsp3) is 0.923. The number of piperidine rings is 1. The van der Waals surface area contributed by atoms with Gasteiger partial charge in [-0.2, -0.15) is 0 Å². The minimum absolute atomic E-state index is 0.369. The van der Waals surface area contributed by atoms with Gasteiger partial charge in [0.2, 0.25) is 5.91 Å². The Labute approximate surface area is 99.6 Å². The zero-order valence-electron chi connectivity index (χ0n) is 10.8. The van der Waals surface area contributed by atoms with Crippen LogP contribution >= 0.6 is 0 Å². The van der Waals surface area contributed by atoms with E-state index in [2.05, 4.69) is 17.1 Å². The van der Waals surface area contributed by atoms with Crippen LogP contribution in [-0.2, 0) is 4.79 Å². The van der Waals surface area contributed by atoms with Crippen LogP contribution in [0.2, 0.25) is 0 Å². The summed E-state index contributed by atoms with van der Waals surface area (Å²) in [6, 6.07) is 0.438. The first kappa shape index (κ1) is 13.5. The van der Waals surface area contributed by atoms with Crippen molar-refractivity contribution in [3.63, 3.8) is 0 Å². The Kier molecular flexibility index (Phi) is 6.46. The second-order valence-electron chi connectivity index (χ2n) is 4.75. The van der Waals surface area contributed by atoms with Crippen molar-refractivity contribution in [2.75, 3.05) is 20.1 Å². The van der Waals surface area contributed by atoms with Gasteiger partial charge in [-0.3, -0.25) is 4.79 Å². The Balaban J connectivity index is 2.37. The monoisotopic (exact) mass is 226 g/mol. The molecule has 1 amide bonds. The molecule has 0 bridgehead atoms. The van der Waals surface area contributed by atoms with Crippen molar-refractivity contribution < 1.29 is 4.79 Å². The molecule has 3 nitrogen and oxygen atoms in total. The predicted octanol–water partition coefficient (Wildman–Crippen LogP) is 2.17. The summed E-state index contributed by atoms with van der Waals surface area (Å²) in [5.74, 6) is 0.369. The van der Waals surface area contributed by atoms with Gasteiger partial charge in [-0.25, -0.2) is 0 Å². The molecular weight excluding hydrogens is 200 g/mol. The van der Waals surface area contributed by atoms with Crippen molar-refractivity contribution in [1.82, 2.24) is 10.2 Å². The number of nitrogens with one attached hydrogen (secondary N) is 1. The fourth-order valence-corrected chi connectivity index (χ4v) is 2.45. The van der Waals surface area contributed by atoms with Crippen LogP contribution in [0, 0.1) is 0 Å². The molecule has 1 N–H and O–H groups in total. The Morgan fingerprint density at radius 2 is 2.19 bits per heavy atom. The van der Waals surface area contributed by atoms with E-state index < -0.39 is 0 Å². The molecule has 1 fully saturated rings. The van der Waals surface area contributed by atoms with Gasteiger partial charge >= 0.3 is 0 Å². The average Bonchev–Trinajstić information content (AvgIpc) is 2.30. The molecule has 94 valence electrons. The van der Waals surface area contributed by atoms with Gasteiger partial charge in [-0.15, -0.1) is 0 Å². The summed E-state index contributed by atoms with van der Waals surface area (Å²) >= 11 is 0. The molecule has 0 spiro atoms. The molecule has 0 aliphatic carbocycles. The van der Waals surface area contributed by atoms with Gasteiger partial charge in [-0.05, 0) is 32.7 Å². The van der Waals surface area contributed by atoms with Crippen molar-refractivity contribution >= 4 is 5.91 Å². The topological polar surface area (TPSA) is 32.3 Å². The third-order valence-corrected chi connectivity index (χ3v) is 3.38. The highest BCUT2D eigenvalue weighted by Crippen LogP contribution is 2.18. The van der Waals surface area contributed by atoms with E-state index in [1.54, 1.807) is 0 Å². The number of rotatable bonds is 6. The van der Waals surface area contributed by atoms with E-state index in [-0.39, 0.29) is 0 Å². The van der Waals surface area contributed by atoms with E-state index in [1.807, 2.05) is 7.05 Å². The Morgan fingerprint density at radius 1 is 1.38 bits per heavy atom. The van der Waals surface area contributed by atoms with Gasteiger partial charge in [0.05, 0.1) is 0 Å². The summed E-state index contributed by atoms with van der Waals surface area (Å²) in [6.07, 6.45) is 7.78. The third kappa shape index (κ3) is 4.12. The van der Waals surface area contributed by atoms with Gasteiger partial charge in [0.1, 0.15) is 0 Å². The molecule has 1 heterocycles. The molecule has 1 aliphatic heterocycles. The van der Waals surface area contributed by atoms with Crippen molar-refractivity contribution in [2.45, 2.75) is 57.9 Å². The van der Waals surface area contributed by atoms with Crippen LogP contribution in [0.1, 0.15) is 51.9 Å². The smallest absolute Gasteiger partial charge is 0.222 e. The van der Waals surface area contributed by atoms with Gasteiger partial charge in [0, 0.05) is 25.6 Å². The summed E-state index contributed by atoms with van der Waals surface area (Å²) in [5, 5.41) is 3.20. The third-order valence-electron chi connectivity index (χ3n) is 3.38. The maximum absolute atomic E-state index is 12.1. The molecule has 16 heavy (non-hydrogen) atoms. The highest BCUT2D eigenvalue weighted by molar-refractivity contribution is 5.76. The number of carbonyl (C=O) groups excluding carboxylic acids is 1. The first-order valence-corrected chi connectivity index (χ1v) is 6.73. The normalized spacial score (nSPS) is 21.1. The molecule has 1 saturated heterocycles. The Morgan fingerprint density at radius 3 is 2.88 bits per heavy atom. The van der Waals surface area contributed by atoms with E-state index in [0.717, 1.165) is 25.9 Å². The van der Waals surface area contributed by atoms with Crippen molar-refractivity contribution in [1.29, 1.82) is 0 Å². The first-order chi connectivity index (χ1) is 7.79. The van der Waals surface area contributed by atoms with Crippen molar-refractivity contribution in [2.24, 2.45) is 0 Å². The van der Waals surface area contributed by atoms with Gasteiger partial charge < -0.3 is 10.2 Å². The molecule has 1 unspecified atom stereocenters. The summed E-state index contributed by atoms with van der Waals surface area (Å²) in [4.78, 5) is 14.2. The number of likely N-dealkylation sites (tertiary alicyclic amines) is 1. The van der Waals surface area contributed by atoms with E-state index in [0.29, 0.717) is 11.9 Å². The molecule has 0 aromatic heterocycles. The molecule has 1 aliphatic rings. The number of amides is 1. The van der Waals surface area contributed by atoms with Gasteiger partial charge in [-0.1, -0.05) is 19.8 Å². The highest BCUT2D eigenvalue weighted by atomic mass is 16.2. The quantitative estimate of drug-likeness (QED) is 0.704. The maximum Gasteiger partial charge on any atom is 0.222 e. The first-order valence-electron chi connectivity index (χ1n) is 6.73. The zero-order chi connectivity index (χ0) is 11.8. The van der Waals surface area contributed by atoms with E-state index in [1.165, 1.54) is 32.1 Å². The molecule has 0 aromatic rings. The second-order valence-corrected chi connectivity index (χ2v) is 4.75. The molecule has 0 saturated carbocycles. The predicted molar refractivity (Wildman–Crippen MR) is 67.4 cm³/mol. The molecule has 0 aromatic carbocycles. The minimum Gasteiger partial charge on any atom is -0.338 e. The van der Waals surface area contributed by atoms with Crippen LogP contribution in [0.4, 0.5) is 0 Å². The lowest BCUT2D eigenvalue weighted by atomic mass is 10.0. The van der Waals surface area contributed by atoms with Gasteiger partial charge in [0.15, 0.2) is 0 Å². The number of likely N-dealkylation sites (N-methyl/N-ethyl adjacent to an activating group) is 1. The number of unbranched alkanes of at least 4 members (excludes halogenated alkanes) is 2. The van der Waals surface area contributed by atoms with Crippen molar-refractivity contribution in [3.05, 3.63) is 0 Å². The Hall–Kier alpha value is -0.570. The number of hydrogen-bond acceptors (Lipinski definition) is 2. The fourth-order valence-electron chi connectivity index (χ4n) is 2.45. The lowest BCUT2D eigenvalue weighted by Crippen LogP contribution is -2.47. The summed E-state index contributed by atoms with van der Waals surface area (Å²) < 4.78 is 0. The molecule has 1 rings (SSSR count). The molecule has 3 heteroatoms. The summed E-state index contributed by atoms with van der Waals surface area (Å²) in [6.45, 7) is 4.09.